The Labute approximate surface area is 582 Å². The highest BCUT2D eigenvalue weighted by atomic mass is 14.9. The van der Waals surface area contributed by atoms with Gasteiger partial charge >= 0.3 is 0 Å². The molecular formula is C90H108N6+6. The normalized spacial score (nSPS) is 11.1. The van der Waals surface area contributed by atoms with Gasteiger partial charge in [0.05, 0.1) is 11.1 Å². The predicted molar refractivity (Wildman–Crippen MR) is 404 cm³/mol. The Morgan fingerprint density at radius 1 is 0.198 bits per heavy atom. The summed E-state index contributed by atoms with van der Waals surface area (Å²) in [6, 6.07) is 64.1. The molecule has 0 N–H and O–H groups in total. The summed E-state index contributed by atoms with van der Waals surface area (Å²) in [5, 5.41) is 0. The number of aromatic nitrogens is 6. The van der Waals surface area contributed by atoms with E-state index in [4.69, 9.17) is 4.11 Å². The van der Waals surface area contributed by atoms with Gasteiger partial charge in [-0.25, -0.2) is 27.4 Å². The van der Waals surface area contributed by atoms with Crippen LogP contribution in [0.3, 0.4) is 0 Å². The number of nitrogens with zero attached hydrogens (tertiary/aromatic N) is 6. The average Bonchev–Trinajstić information content (AvgIpc) is 0.832. The molecule has 492 valence electrons. The van der Waals surface area contributed by atoms with Crippen molar-refractivity contribution < 1.29 is 31.5 Å². The second kappa shape index (κ2) is 33.6. The smallest absolute Gasteiger partial charge is 0.201 e. The molecule has 96 heavy (non-hydrogen) atoms. The Morgan fingerprint density at radius 3 is 0.719 bits per heavy atom. The molecule has 12 rings (SSSR count). The Hall–Kier alpha value is -9.78. The molecule has 0 spiro atoms. The molecule has 12 aromatic rings. The third kappa shape index (κ3) is 19.7. The SMILES string of the molecule is Cc1cc[n+](C)c(-c2c(C)cccc2C)c1.Cc1cc[n+](C)c(-c2c(C)cccc2C)c1.Cc1ccc(-c2cc(C)cc[n+]2C)c(C)c1.Cc1ccc(C)c(-c2cc(C)cc[n+]2C)c1.Cc1ccc(C)c(-c2cc(C)cc[n+]2C)c1.[2H]C([2H])([2H])c1ccc(-c2cc(C)cc[n+]2C)c(C)c1. The van der Waals surface area contributed by atoms with Crippen LogP contribution in [0.4, 0.5) is 0 Å². The van der Waals surface area contributed by atoms with E-state index in [2.05, 4.69) is 364 Å². The summed E-state index contributed by atoms with van der Waals surface area (Å²) in [5.74, 6) is 0. The van der Waals surface area contributed by atoms with E-state index >= 15 is 0 Å². The Balaban J connectivity index is 0.000000167. The number of hydrogen-bond acceptors (Lipinski definition) is 0. The van der Waals surface area contributed by atoms with Crippen molar-refractivity contribution in [3.05, 3.63) is 319 Å². The van der Waals surface area contributed by atoms with Gasteiger partial charge in [0.25, 0.3) is 0 Å². The standard InChI is InChI=1S/6C15H18N/c2*1-11-5-6-14(13(3)9-11)15-10-12(2)7-8-16(15)4;2*1-11-5-6-13(3)14(9-11)15-10-12(2)7-8-16(15)4;2*1-11-8-9-16(4)14(10-11)15-12(2)6-5-7-13(15)3/h6*5-10H,1-4H3/q6*+1/i1D3;;;;;. The molecule has 0 saturated heterocycles. The number of aryl methyl sites for hydroxylation is 24. The predicted octanol–water partition coefficient (Wildman–Crippen LogP) is 18.6. The topological polar surface area (TPSA) is 23.3 Å². The van der Waals surface area contributed by atoms with Crippen molar-refractivity contribution in [2.45, 2.75) is 125 Å². The molecule has 6 aromatic heterocycles. The molecule has 0 fully saturated rings. The van der Waals surface area contributed by atoms with Crippen LogP contribution in [0.15, 0.2) is 219 Å². The minimum Gasteiger partial charge on any atom is -0.201 e. The first-order valence-corrected chi connectivity index (χ1v) is 33.5. The van der Waals surface area contributed by atoms with Gasteiger partial charge in [0, 0.05) is 99.2 Å². The fourth-order valence-electron chi connectivity index (χ4n) is 12.1. The summed E-state index contributed by atoms with van der Waals surface area (Å²) >= 11 is 0. The summed E-state index contributed by atoms with van der Waals surface area (Å²) in [5.41, 5.74) is 37.6. The number of hydrogen-bond donors (Lipinski definition) is 0. The fourth-order valence-corrected chi connectivity index (χ4v) is 12.1. The van der Waals surface area contributed by atoms with Crippen LogP contribution in [-0.2, 0) is 42.3 Å². The van der Waals surface area contributed by atoms with Gasteiger partial charge in [0.1, 0.15) is 42.3 Å². The Bertz CT molecular complexity index is 4490. The second-order valence-electron chi connectivity index (χ2n) is 26.7. The van der Waals surface area contributed by atoms with Crippen molar-refractivity contribution in [1.29, 1.82) is 0 Å². The molecule has 0 amide bonds. The summed E-state index contributed by atoms with van der Waals surface area (Å²) in [6.07, 6.45) is 12.6. The molecule has 6 heteroatoms. The highest BCUT2D eigenvalue weighted by Gasteiger charge is 2.19. The second-order valence-corrected chi connectivity index (χ2v) is 26.7. The van der Waals surface area contributed by atoms with Gasteiger partial charge in [-0.15, -0.1) is 0 Å². The van der Waals surface area contributed by atoms with Crippen molar-refractivity contribution in [2.75, 3.05) is 0 Å². The molecule has 0 atom stereocenters. The monoisotopic (exact) mass is 1280 g/mol. The molecule has 0 aliphatic heterocycles. The third-order valence-corrected chi connectivity index (χ3v) is 17.8. The molecule has 0 saturated carbocycles. The maximum absolute atomic E-state index is 7.45. The fraction of sp³-hybridized carbons (Fsp3) is 0.267. The lowest BCUT2D eigenvalue weighted by molar-refractivity contribution is -0.660. The molecule has 0 aliphatic carbocycles. The van der Waals surface area contributed by atoms with Gasteiger partial charge in [0.2, 0.25) is 34.2 Å². The summed E-state index contributed by atoms with van der Waals surface area (Å²) in [4.78, 5) is 0. The Morgan fingerprint density at radius 2 is 0.427 bits per heavy atom. The van der Waals surface area contributed by atoms with E-state index in [0.717, 1.165) is 16.8 Å². The summed E-state index contributed by atoms with van der Waals surface area (Å²) in [6.45, 7) is 34.2. The van der Waals surface area contributed by atoms with E-state index in [9.17, 15) is 0 Å². The van der Waals surface area contributed by atoms with Crippen LogP contribution < -0.4 is 27.4 Å². The van der Waals surface area contributed by atoms with Crippen molar-refractivity contribution in [3.63, 3.8) is 0 Å². The zero-order chi connectivity index (χ0) is 72.7. The van der Waals surface area contributed by atoms with E-state index < -0.39 is 6.85 Å². The number of rotatable bonds is 6. The van der Waals surface area contributed by atoms with Crippen molar-refractivity contribution in [3.8, 4) is 67.5 Å². The first-order chi connectivity index (χ1) is 46.7. The van der Waals surface area contributed by atoms with Crippen LogP contribution in [0.2, 0.25) is 0 Å². The third-order valence-electron chi connectivity index (χ3n) is 17.8. The average molecular weight is 1280 g/mol. The lowest BCUT2D eigenvalue weighted by atomic mass is 9.98. The minimum absolute atomic E-state index is 0.393. The van der Waals surface area contributed by atoms with E-state index in [1.165, 1.54) is 145 Å². The van der Waals surface area contributed by atoms with Gasteiger partial charge in [0.15, 0.2) is 37.2 Å². The zero-order valence-electron chi connectivity index (χ0n) is 65.0. The van der Waals surface area contributed by atoms with Gasteiger partial charge in [-0.3, -0.25) is 0 Å². The highest BCUT2D eigenvalue weighted by Crippen LogP contribution is 2.29. The molecule has 0 radical (unpaired) electrons. The lowest BCUT2D eigenvalue weighted by Crippen LogP contribution is -2.30. The molecule has 6 aromatic carbocycles. The molecule has 0 unspecified atom stereocenters. The largest absolute Gasteiger partial charge is 0.213 e. The van der Waals surface area contributed by atoms with E-state index in [1.54, 1.807) is 12.1 Å². The molecule has 6 nitrogen and oxygen atoms in total. The molecular weight excluding hydrogens is 1170 g/mol. The van der Waals surface area contributed by atoms with Crippen LogP contribution in [0.25, 0.3) is 67.5 Å². The van der Waals surface area contributed by atoms with Gasteiger partial charge in [-0.2, -0.15) is 0 Å². The molecule has 0 aliphatic rings. The molecule has 0 bridgehead atoms. The maximum Gasteiger partial charge on any atom is 0.213 e. The van der Waals surface area contributed by atoms with Crippen LogP contribution in [0, 0.1) is 125 Å². The van der Waals surface area contributed by atoms with Crippen molar-refractivity contribution >= 4 is 0 Å². The quantitative estimate of drug-likeness (QED) is 0.148. The number of benzene rings is 6. The number of pyridine rings is 6. The van der Waals surface area contributed by atoms with Crippen LogP contribution in [0.5, 0.6) is 0 Å². The van der Waals surface area contributed by atoms with Crippen molar-refractivity contribution in [2.24, 2.45) is 42.3 Å². The van der Waals surface area contributed by atoms with Gasteiger partial charge in [-0.1, -0.05) is 107 Å². The van der Waals surface area contributed by atoms with Crippen LogP contribution in [0.1, 0.15) is 104 Å². The van der Waals surface area contributed by atoms with Crippen LogP contribution in [-0.4, -0.2) is 0 Å². The first-order valence-electron chi connectivity index (χ1n) is 35.0. The summed E-state index contributed by atoms with van der Waals surface area (Å²) < 4.78 is 35.3. The highest BCUT2D eigenvalue weighted by molar-refractivity contribution is 5.68. The van der Waals surface area contributed by atoms with E-state index in [1.807, 2.05) is 30.8 Å². The maximum atomic E-state index is 7.45. The lowest BCUT2D eigenvalue weighted by Gasteiger charge is -2.08. The molecule has 6 heterocycles. The Kier molecular flexibility index (Phi) is 24.1. The van der Waals surface area contributed by atoms with E-state index in [0.29, 0.717) is 5.56 Å². The van der Waals surface area contributed by atoms with Crippen LogP contribution >= 0.6 is 0 Å². The van der Waals surface area contributed by atoms with Gasteiger partial charge in [-0.05, 0) is 227 Å². The van der Waals surface area contributed by atoms with E-state index in [-0.39, 0.29) is 0 Å². The van der Waals surface area contributed by atoms with Gasteiger partial charge < -0.3 is 0 Å². The zero-order valence-corrected chi connectivity index (χ0v) is 62.0. The first kappa shape index (κ1) is 69.1. The van der Waals surface area contributed by atoms with Crippen molar-refractivity contribution in [1.82, 2.24) is 0 Å². The summed E-state index contributed by atoms with van der Waals surface area (Å²) in [7, 11) is 12.5. The minimum atomic E-state index is -2.04.